The van der Waals surface area contributed by atoms with Crippen LogP contribution in [0.4, 0.5) is 9.59 Å². The predicted molar refractivity (Wildman–Crippen MR) is 89.3 cm³/mol. The van der Waals surface area contributed by atoms with Crippen molar-refractivity contribution < 1.29 is 19.1 Å². The number of amides is 2. The first kappa shape index (κ1) is 18.1. The Kier molecular flexibility index (Phi) is 5.66. The van der Waals surface area contributed by atoms with Crippen molar-refractivity contribution in [1.82, 2.24) is 10.2 Å². The second-order valence-electron chi connectivity index (χ2n) is 6.86. The van der Waals surface area contributed by atoms with E-state index in [9.17, 15) is 9.59 Å². The largest absolute Gasteiger partial charge is 0.445 e. The van der Waals surface area contributed by atoms with Gasteiger partial charge in [0.1, 0.15) is 12.2 Å². The second kappa shape index (κ2) is 7.53. The van der Waals surface area contributed by atoms with Crippen molar-refractivity contribution in [2.24, 2.45) is 5.73 Å². The van der Waals surface area contributed by atoms with E-state index in [1.54, 1.807) is 20.8 Å². The molecule has 1 aliphatic heterocycles. The van der Waals surface area contributed by atoms with Gasteiger partial charge in [0.05, 0.1) is 6.04 Å². The Bertz CT molecular complexity index is 571. The number of nitrogens with one attached hydrogen (secondary N) is 1. The Balaban J connectivity index is 1.81. The molecule has 1 aromatic carbocycles. The Morgan fingerprint density at radius 1 is 1.25 bits per heavy atom. The van der Waals surface area contributed by atoms with Gasteiger partial charge in [-0.25, -0.2) is 9.59 Å². The molecule has 0 aromatic heterocycles. The third-order valence-corrected chi connectivity index (χ3v) is 3.53. The average Bonchev–Trinajstić information content (AvgIpc) is 2.85. The van der Waals surface area contributed by atoms with Crippen molar-refractivity contribution in [3.8, 4) is 0 Å². The SMILES string of the molecule is CC(C)(C)OC(=O)NC1CN(C(=O)OCc2ccccc2)CC1N. The molecule has 2 amide bonds. The quantitative estimate of drug-likeness (QED) is 0.879. The van der Waals surface area contributed by atoms with Crippen molar-refractivity contribution in [2.75, 3.05) is 13.1 Å². The van der Waals surface area contributed by atoms with Crippen molar-refractivity contribution in [1.29, 1.82) is 0 Å². The summed E-state index contributed by atoms with van der Waals surface area (Å²) in [6, 6.07) is 8.72. The van der Waals surface area contributed by atoms with Crippen LogP contribution in [0.5, 0.6) is 0 Å². The van der Waals surface area contributed by atoms with Crippen LogP contribution in [0.3, 0.4) is 0 Å². The van der Waals surface area contributed by atoms with E-state index in [1.807, 2.05) is 30.3 Å². The lowest BCUT2D eigenvalue weighted by Gasteiger charge is -2.22. The van der Waals surface area contributed by atoms with Crippen LogP contribution in [0.25, 0.3) is 0 Å². The molecule has 7 nitrogen and oxygen atoms in total. The average molecular weight is 335 g/mol. The zero-order valence-electron chi connectivity index (χ0n) is 14.3. The summed E-state index contributed by atoms with van der Waals surface area (Å²) in [5.41, 5.74) is 6.34. The fraction of sp³-hybridized carbons (Fsp3) is 0.529. The lowest BCUT2D eigenvalue weighted by Crippen LogP contribution is -2.48. The first-order valence-corrected chi connectivity index (χ1v) is 7.95. The van der Waals surface area contributed by atoms with E-state index in [0.29, 0.717) is 13.1 Å². The van der Waals surface area contributed by atoms with E-state index in [4.69, 9.17) is 15.2 Å². The van der Waals surface area contributed by atoms with Crippen LogP contribution in [0.15, 0.2) is 30.3 Å². The number of rotatable bonds is 3. The first-order valence-electron chi connectivity index (χ1n) is 7.95. The number of hydrogen-bond acceptors (Lipinski definition) is 5. The summed E-state index contributed by atoms with van der Waals surface area (Å²) in [6.07, 6.45) is -0.981. The molecule has 0 saturated carbocycles. The third-order valence-electron chi connectivity index (χ3n) is 3.53. The van der Waals surface area contributed by atoms with Crippen molar-refractivity contribution >= 4 is 12.2 Å². The Morgan fingerprint density at radius 3 is 2.54 bits per heavy atom. The Hall–Kier alpha value is -2.28. The summed E-state index contributed by atoms with van der Waals surface area (Å²) in [5.74, 6) is 0. The van der Waals surface area contributed by atoms with Gasteiger partial charge in [0.2, 0.25) is 0 Å². The number of likely N-dealkylation sites (tertiary alicyclic amines) is 1. The van der Waals surface area contributed by atoms with Gasteiger partial charge in [0, 0.05) is 19.1 Å². The summed E-state index contributed by atoms with van der Waals surface area (Å²) in [7, 11) is 0. The molecule has 2 unspecified atom stereocenters. The van der Waals surface area contributed by atoms with E-state index in [0.717, 1.165) is 5.56 Å². The van der Waals surface area contributed by atoms with Crippen LogP contribution in [0.2, 0.25) is 0 Å². The standard InChI is InChI=1S/C17H25N3O4/c1-17(2,3)24-15(21)19-14-10-20(9-13(14)18)16(22)23-11-12-7-5-4-6-8-12/h4-8,13-14H,9-11,18H2,1-3H3,(H,19,21). The molecule has 0 aliphatic carbocycles. The summed E-state index contributed by atoms with van der Waals surface area (Å²) in [6.45, 7) is 6.19. The normalized spacial score (nSPS) is 20.6. The minimum atomic E-state index is -0.582. The van der Waals surface area contributed by atoms with E-state index in [2.05, 4.69) is 5.32 Å². The van der Waals surface area contributed by atoms with E-state index >= 15 is 0 Å². The van der Waals surface area contributed by atoms with Crippen LogP contribution in [-0.2, 0) is 16.1 Å². The monoisotopic (exact) mass is 335 g/mol. The molecular formula is C17H25N3O4. The number of carbonyl (C=O) groups is 2. The van der Waals surface area contributed by atoms with Gasteiger partial charge in [-0.3, -0.25) is 0 Å². The number of hydrogen-bond donors (Lipinski definition) is 2. The molecule has 1 saturated heterocycles. The van der Waals surface area contributed by atoms with Crippen LogP contribution < -0.4 is 11.1 Å². The molecule has 1 aromatic rings. The molecule has 1 heterocycles. The highest BCUT2D eigenvalue weighted by molar-refractivity contribution is 5.70. The number of nitrogens with zero attached hydrogens (tertiary/aromatic N) is 1. The van der Waals surface area contributed by atoms with E-state index in [1.165, 1.54) is 4.90 Å². The van der Waals surface area contributed by atoms with Gasteiger partial charge in [-0.1, -0.05) is 30.3 Å². The topological polar surface area (TPSA) is 93.9 Å². The smallest absolute Gasteiger partial charge is 0.410 e. The third kappa shape index (κ3) is 5.42. The molecule has 0 spiro atoms. The van der Waals surface area contributed by atoms with Crippen molar-refractivity contribution in [2.45, 2.75) is 45.1 Å². The molecule has 1 fully saturated rings. The van der Waals surface area contributed by atoms with Gasteiger partial charge in [-0.15, -0.1) is 0 Å². The Morgan fingerprint density at radius 2 is 1.92 bits per heavy atom. The first-order chi connectivity index (χ1) is 11.2. The highest BCUT2D eigenvalue weighted by Crippen LogP contribution is 2.13. The molecule has 2 rings (SSSR count). The maximum Gasteiger partial charge on any atom is 0.410 e. The van der Waals surface area contributed by atoms with Crippen LogP contribution in [-0.4, -0.2) is 47.9 Å². The molecular weight excluding hydrogens is 310 g/mol. The van der Waals surface area contributed by atoms with Gasteiger partial charge >= 0.3 is 12.2 Å². The van der Waals surface area contributed by atoms with Gasteiger partial charge in [0.25, 0.3) is 0 Å². The zero-order valence-corrected chi connectivity index (χ0v) is 14.3. The van der Waals surface area contributed by atoms with Gasteiger partial charge < -0.3 is 25.4 Å². The molecule has 7 heteroatoms. The summed E-state index contributed by atoms with van der Waals surface area (Å²) in [4.78, 5) is 25.4. The molecule has 2 atom stereocenters. The van der Waals surface area contributed by atoms with Crippen LogP contribution in [0, 0.1) is 0 Å². The maximum atomic E-state index is 12.1. The number of carbonyl (C=O) groups excluding carboxylic acids is 2. The second-order valence-corrected chi connectivity index (χ2v) is 6.86. The molecule has 0 bridgehead atoms. The maximum absolute atomic E-state index is 12.1. The van der Waals surface area contributed by atoms with Crippen LogP contribution in [0.1, 0.15) is 26.3 Å². The predicted octanol–water partition coefficient (Wildman–Crippen LogP) is 1.86. The number of alkyl carbamates (subject to hydrolysis) is 1. The van der Waals surface area contributed by atoms with Gasteiger partial charge in [0.15, 0.2) is 0 Å². The lowest BCUT2D eigenvalue weighted by atomic mass is 10.2. The zero-order chi connectivity index (χ0) is 17.7. The van der Waals surface area contributed by atoms with Crippen molar-refractivity contribution in [3.05, 3.63) is 35.9 Å². The Labute approximate surface area is 142 Å². The lowest BCUT2D eigenvalue weighted by molar-refractivity contribution is 0.0499. The van der Waals surface area contributed by atoms with Crippen LogP contribution >= 0.6 is 0 Å². The summed E-state index contributed by atoms with van der Waals surface area (Å²) >= 11 is 0. The number of nitrogens with two attached hydrogens (primary N) is 1. The minimum absolute atomic E-state index is 0.204. The van der Waals surface area contributed by atoms with E-state index < -0.39 is 17.8 Å². The molecule has 24 heavy (non-hydrogen) atoms. The molecule has 3 N–H and O–H groups in total. The fourth-order valence-corrected chi connectivity index (χ4v) is 2.40. The highest BCUT2D eigenvalue weighted by Gasteiger charge is 2.35. The summed E-state index contributed by atoms with van der Waals surface area (Å²) in [5, 5.41) is 2.71. The van der Waals surface area contributed by atoms with Gasteiger partial charge in [-0.05, 0) is 26.3 Å². The summed E-state index contributed by atoms with van der Waals surface area (Å²) < 4.78 is 10.5. The number of benzene rings is 1. The minimum Gasteiger partial charge on any atom is -0.445 e. The molecule has 0 radical (unpaired) electrons. The van der Waals surface area contributed by atoms with Crippen molar-refractivity contribution in [3.63, 3.8) is 0 Å². The highest BCUT2D eigenvalue weighted by atomic mass is 16.6. The van der Waals surface area contributed by atoms with E-state index in [-0.39, 0.29) is 18.7 Å². The molecule has 132 valence electrons. The molecule has 1 aliphatic rings. The number of ether oxygens (including phenoxy) is 2. The van der Waals surface area contributed by atoms with Gasteiger partial charge in [-0.2, -0.15) is 0 Å². The fourth-order valence-electron chi connectivity index (χ4n) is 2.40.